The van der Waals surface area contributed by atoms with Gasteiger partial charge in [0.05, 0.1) is 12.1 Å². The first-order valence-corrected chi connectivity index (χ1v) is 9.04. The fraction of sp³-hybridized carbons (Fsp3) is 0.381. The van der Waals surface area contributed by atoms with Crippen molar-refractivity contribution in [2.75, 3.05) is 31.1 Å². The van der Waals surface area contributed by atoms with Crippen LogP contribution in [0.4, 0.5) is 5.69 Å². The number of carbonyl (C=O) groups excluding carboxylic acids is 1. The van der Waals surface area contributed by atoms with Crippen LogP contribution >= 0.6 is 0 Å². The van der Waals surface area contributed by atoms with Gasteiger partial charge in [0, 0.05) is 31.9 Å². The van der Waals surface area contributed by atoms with Crippen LogP contribution in [0.2, 0.25) is 0 Å². The van der Waals surface area contributed by atoms with E-state index >= 15 is 0 Å². The molecule has 1 N–H and O–H groups in total. The summed E-state index contributed by atoms with van der Waals surface area (Å²) in [5.74, 6) is 0.101. The van der Waals surface area contributed by atoms with Gasteiger partial charge in [0.2, 0.25) is 5.91 Å². The lowest BCUT2D eigenvalue weighted by Gasteiger charge is -2.38. The lowest BCUT2D eigenvalue weighted by molar-refractivity contribution is -0.126. The monoisotopic (exact) mass is 337 g/mol. The number of hydrogen-bond acceptors (Lipinski definition) is 3. The Morgan fingerprint density at radius 3 is 2.04 bits per heavy atom. The van der Waals surface area contributed by atoms with Crippen molar-refractivity contribution in [3.05, 3.63) is 66.2 Å². The fourth-order valence-electron chi connectivity index (χ4n) is 3.33. The Morgan fingerprint density at radius 2 is 1.44 bits per heavy atom. The lowest BCUT2D eigenvalue weighted by Crippen LogP contribution is -2.54. The molecule has 1 aliphatic heterocycles. The molecule has 1 heterocycles. The predicted molar refractivity (Wildman–Crippen MR) is 103 cm³/mol. The van der Waals surface area contributed by atoms with Gasteiger partial charge in [-0.15, -0.1) is 0 Å². The van der Waals surface area contributed by atoms with Crippen LogP contribution in [-0.4, -0.2) is 43.0 Å². The molecule has 0 bridgehead atoms. The van der Waals surface area contributed by atoms with Crippen molar-refractivity contribution >= 4 is 11.6 Å². The van der Waals surface area contributed by atoms with Gasteiger partial charge in [0.25, 0.3) is 0 Å². The van der Waals surface area contributed by atoms with Crippen LogP contribution in [0, 0.1) is 0 Å². The summed E-state index contributed by atoms with van der Waals surface area (Å²) in [6.45, 7) is 7.76. The number of para-hydroxylation sites is 1. The quantitative estimate of drug-likeness (QED) is 0.911. The molecule has 2 atom stereocenters. The van der Waals surface area contributed by atoms with Crippen molar-refractivity contribution in [2.24, 2.45) is 0 Å². The van der Waals surface area contributed by atoms with Gasteiger partial charge in [-0.1, -0.05) is 48.5 Å². The minimum atomic E-state index is -0.107. The second-order valence-corrected chi connectivity index (χ2v) is 6.68. The summed E-state index contributed by atoms with van der Waals surface area (Å²) < 4.78 is 0. The van der Waals surface area contributed by atoms with E-state index in [0.29, 0.717) is 0 Å². The predicted octanol–water partition coefficient (Wildman–Crippen LogP) is 3.07. The molecule has 2 aromatic rings. The highest BCUT2D eigenvalue weighted by Gasteiger charge is 2.26. The maximum atomic E-state index is 12.6. The Morgan fingerprint density at radius 1 is 0.880 bits per heavy atom. The van der Waals surface area contributed by atoms with Crippen LogP contribution in [0.15, 0.2) is 60.7 Å². The molecule has 4 heteroatoms. The standard InChI is InChI=1S/C21H27N3O/c1-17(19-9-5-3-6-10-19)22-21(25)18(2)23-13-15-24(16-14-23)20-11-7-4-8-12-20/h3-12,17-18H,13-16H2,1-2H3,(H,22,25)/t17-,18+/m0/s1. The Labute approximate surface area is 150 Å². The number of anilines is 1. The normalized spacial score (nSPS) is 17.8. The third-order valence-electron chi connectivity index (χ3n) is 5.02. The van der Waals surface area contributed by atoms with Crippen molar-refractivity contribution in [3.8, 4) is 0 Å². The van der Waals surface area contributed by atoms with Gasteiger partial charge in [0.1, 0.15) is 0 Å². The van der Waals surface area contributed by atoms with Gasteiger partial charge in [0.15, 0.2) is 0 Å². The van der Waals surface area contributed by atoms with E-state index in [9.17, 15) is 4.79 Å². The molecule has 3 rings (SSSR count). The molecule has 0 unspecified atom stereocenters. The average Bonchev–Trinajstić information content (AvgIpc) is 2.69. The summed E-state index contributed by atoms with van der Waals surface area (Å²) >= 11 is 0. The van der Waals surface area contributed by atoms with Gasteiger partial charge in [-0.2, -0.15) is 0 Å². The fourth-order valence-corrected chi connectivity index (χ4v) is 3.33. The van der Waals surface area contributed by atoms with E-state index in [1.54, 1.807) is 0 Å². The van der Waals surface area contributed by atoms with Gasteiger partial charge < -0.3 is 10.2 Å². The maximum Gasteiger partial charge on any atom is 0.237 e. The van der Waals surface area contributed by atoms with Crippen molar-refractivity contribution in [1.29, 1.82) is 0 Å². The van der Waals surface area contributed by atoms with Crippen molar-refractivity contribution in [1.82, 2.24) is 10.2 Å². The van der Waals surface area contributed by atoms with Crippen molar-refractivity contribution in [2.45, 2.75) is 25.9 Å². The maximum absolute atomic E-state index is 12.6. The molecule has 132 valence electrons. The molecule has 1 fully saturated rings. The minimum absolute atomic E-state index is 0.0294. The number of nitrogens with zero attached hydrogens (tertiary/aromatic N) is 2. The number of hydrogen-bond donors (Lipinski definition) is 1. The number of rotatable bonds is 5. The molecule has 1 saturated heterocycles. The minimum Gasteiger partial charge on any atom is -0.369 e. The second kappa shape index (κ2) is 8.17. The molecule has 0 aromatic heterocycles. The zero-order chi connectivity index (χ0) is 17.6. The third kappa shape index (κ3) is 4.40. The summed E-state index contributed by atoms with van der Waals surface area (Å²) in [4.78, 5) is 17.3. The van der Waals surface area contributed by atoms with Crippen LogP contribution in [-0.2, 0) is 4.79 Å². The van der Waals surface area contributed by atoms with Gasteiger partial charge in [-0.05, 0) is 31.5 Å². The number of benzene rings is 2. The van der Waals surface area contributed by atoms with Crippen molar-refractivity contribution < 1.29 is 4.79 Å². The molecule has 0 spiro atoms. The number of nitrogens with one attached hydrogen (secondary N) is 1. The number of piperazine rings is 1. The highest BCUT2D eigenvalue weighted by molar-refractivity contribution is 5.81. The highest BCUT2D eigenvalue weighted by Crippen LogP contribution is 2.17. The van der Waals surface area contributed by atoms with E-state index in [2.05, 4.69) is 39.4 Å². The zero-order valence-corrected chi connectivity index (χ0v) is 15.1. The molecular weight excluding hydrogens is 310 g/mol. The Balaban J connectivity index is 1.52. The van der Waals surface area contributed by atoms with E-state index in [4.69, 9.17) is 0 Å². The summed E-state index contributed by atoms with van der Waals surface area (Å²) in [7, 11) is 0. The topological polar surface area (TPSA) is 35.6 Å². The summed E-state index contributed by atoms with van der Waals surface area (Å²) in [6, 6.07) is 20.5. The van der Waals surface area contributed by atoms with Crippen LogP contribution in [0.3, 0.4) is 0 Å². The molecule has 0 radical (unpaired) electrons. The van der Waals surface area contributed by atoms with Crippen LogP contribution in [0.25, 0.3) is 0 Å². The molecule has 1 amide bonds. The van der Waals surface area contributed by atoms with Gasteiger partial charge in [-0.3, -0.25) is 9.69 Å². The SMILES string of the molecule is C[C@H](NC(=O)[C@@H](C)N1CCN(c2ccccc2)CC1)c1ccccc1. The van der Waals surface area contributed by atoms with E-state index in [-0.39, 0.29) is 18.0 Å². The summed E-state index contributed by atoms with van der Waals surface area (Å²) in [5, 5.41) is 3.14. The molecule has 0 saturated carbocycles. The number of amides is 1. The second-order valence-electron chi connectivity index (χ2n) is 6.68. The Kier molecular flexibility index (Phi) is 5.71. The number of carbonyl (C=O) groups is 1. The molecule has 4 nitrogen and oxygen atoms in total. The Hall–Kier alpha value is -2.33. The lowest BCUT2D eigenvalue weighted by atomic mass is 10.1. The zero-order valence-electron chi connectivity index (χ0n) is 15.1. The van der Waals surface area contributed by atoms with E-state index < -0.39 is 0 Å². The van der Waals surface area contributed by atoms with Crippen LogP contribution in [0.1, 0.15) is 25.5 Å². The highest BCUT2D eigenvalue weighted by atomic mass is 16.2. The van der Waals surface area contributed by atoms with Gasteiger partial charge >= 0.3 is 0 Å². The van der Waals surface area contributed by atoms with E-state index in [0.717, 1.165) is 31.7 Å². The van der Waals surface area contributed by atoms with E-state index in [1.807, 2.05) is 50.2 Å². The summed E-state index contributed by atoms with van der Waals surface area (Å²) in [5.41, 5.74) is 2.40. The smallest absolute Gasteiger partial charge is 0.237 e. The van der Waals surface area contributed by atoms with Crippen LogP contribution < -0.4 is 10.2 Å². The first kappa shape index (κ1) is 17.5. The summed E-state index contributed by atoms with van der Waals surface area (Å²) in [6.07, 6.45) is 0. The van der Waals surface area contributed by atoms with Gasteiger partial charge in [-0.25, -0.2) is 0 Å². The largest absolute Gasteiger partial charge is 0.369 e. The van der Waals surface area contributed by atoms with E-state index in [1.165, 1.54) is 5.69 Å². The van der Waals surface area contributed by atoms with Crippen LogP contribution in [0.5, 0.6) is 0 Å². The molecule has 1 aliphatic rings. The third-order valence-corrected chi connectivity index (χ3v) is 5.02. The molecular formula is C21H27N3O. The first-order chi connectivity index (χ1) is 12.1. The molecule has 2 aromatic carbocycles. The molecule has 25 heavy (non-hydrogen) atoms. The first-order valence-electron chi connectivity index (χ1n) is 9.04. The molecule has 0 aliphatic carbocycles. The average molecular weight is 337 g/mol. The Bertz CT molecular complexity index is 666. The van der Waals surface area contributed by atoms with Crippen molar-refractivity contribution in [3.63, 3.8) is 0 Å².